The number of hydrogen-bond acceptors (Lipinski definition) is 3. The van der Waals surface area contributed by atoms with Crippen molar-refractivity contribution in [3.05, 3.63) is 71.8 Å². The van der Waals surface area contributed by atoms with E-state index >= 15 is 0 Å². The van der Waals surface area contributed by atoms with Crippen LogP contribution in [0.1, 0.15) is 24.0 Å². The molecule has 0 spiro atoms. The van der Waals surface area contributed by atoms with Gasteiger partial charge in [-0.15, -0.1) is 0 Å². The molecule has 1 heterocycles. The largest absolute Gasteiger partial charge is 0.467 e. The fraction of sp³-hybridized carbons (Fsp3) is 0.333. The van der Waals surface area contributed by atoms with E-state index in [9.17, 15) is 9.59 Å². The van der Waals surface area contributed by atoms with E-state index in [0.717, 1.165) is 24.0 Å². The van der Waals surface area contributed by atoms with E-state index < -0.39 is 6.04 Å². The van der Waals surface area contributed by atoms with Crippen LogP contribution < -0.4 is 0 Å². The average molecular weight is 337 g/mol. The number of amides is 1. The molecule has 25 heavy (non-hydrogen) atoms. The van der Waals surface area contributed by atoms with Gasteiger partial charge in [0.1, 0.15) is 6.04 Å². The second kappa shape index (κ2) is 7.97. The van der Waals surface area contributed by atoms with Crippen molar-refractivity contribution in [1.29, 1.82) is 0 Å². The van der Waals surface area contributed by atoms with E-state index in [1.807, 2.05) is 36.4 Å². The summed E-state index contributed by atoms with van der Waals surface area (Å²) < 4.78 is 4.93. The van der Waals surface area contributed by atoms with Gasteiger partial charge in [-0.05, 0) is 30.4 Å². The summed E-state index contributed by atoms with van der Waals surface area (Å²) in [6.45, 7) is 0. The third-order valence-electron chi connectivity index (χ3n) is 4.75. The van der Waals surface area contributed by atoms with Crippen LogP contribution in [0, 0.1) is 0 Å². The molecule has 2 aromatic rings. The van der Waals surface area contributed by atoms with Crippen LogP contribution in [-0.4, -0.2) is 36.0 Å². The van der Waals surface area contributed by atoms with Gasteiger partial charge in [0.2, 0.25) is 5.91 Å². The Hall–Kier alpha value is -2.62. The van der Waals surface area contributed by atoms with E-state index in [4.69, 9.17) is 4.74 Å². The highest BCUT2D eigenvalue weighted by molar-refractivity contribution is 5.88. The maximum Gasteiger partial charge on any atom is 0.328 e. The van der Waals surface area contributed by atoms with E-state index in [-0.39, 0.29) is 17.9 Å². The summed E-state index contributed by atoms with van der Waals surface area (Å²) in [5, 5.41) is 0. The molecule has 1 fully saturated rings. The number of nitrogens with zero attached hydrogens (tertiary/aromatic N) is 1. The number of esters is 1. The molecule has 4 nitrogen and oxygen atoms in total. The molecule has 2 aromatic carbocycles. The van der Waals surface area contributed by atoms with Gasteiger partial charge >= 0.3 is 5.97 Å². The predicted molar refractivity (Wildman–Crippen MR) is 96.0 cm³/mol. The van der Waals surface area contributed by atoms with Gasteiger partial charge in [0.25, 0.3) is 0 Å². The Morgan fingerprint density at radius 1 is 1.04 bits per heavy atom. The number of carbonyl (C=O) groups excluding carboxylic acids is 2. The highest BCUT2D eigenvalue weighted by atomic mass is 16.5. The number of carbonyl (C=O) groups is 2. The molecule has 0 aromatic heterocycles. The molecular formula is C21H23NO3. The zero-order chi connectivity index (χ0) is 17.6. The Kier molecular flexibility index (Phi) is 5.49. The van der Waals surface area contributed by atoms with Gasteiger partial charge in [0, 0.05) is 12.5 Å². The molecule has 4 heteroatoms. The highest BCUT2D eigenvalue weighted by Crippen LogP contribution is 2.26. The molecule has 1 unspecified atom stereocenters. The van der Waals surface area contributed by atoms with Crippen molar-refractivity contribution in [3.8, 4) is 0 Å². The number of benzene rings is 2. The van der Waals surface area contributed by atoms with Crippen molar-refractivity contribution in [2.45, 2.75) is 37.8 Å². The Balaban J connectivity index is 1.88. The molecule has 0 bridgehead atoms. The summed E-state index contributed by atoms with van der Waals surface area (Å²) in [5.41, 5.74) is 2.32. The molecule has 3 rings (SSSR count). The number of ether oxygens (including phenoxy) is 1. The van der Waals surface area contributed by atoms with E-state index in [1.165, 1.54) is 7.11 Å². The van der Waals surface area contributed by atoms with Crippen LogP contribution in [0.15, 0.2) is 60.7 Å². The first-order chi connectivity index (χ1) is 12.2. The lowest BCUT2D eigenvalue weighted by atomic mass is 9.97. The third kappa shape index (κ3) is 4.08. The Morgan fingerprint density at radius 3 is 2.04 bits per heavy atom. The first-order valence-electron chi connectivity index (χ1n) is 8.66. The Morgan fingerprint density at radius 2 is 1.56 bits per heavy atom. The van der Waals surface area contributed by atoms with Crippen LogP contribution in [0.25, 0.3) is 0 Å². The highest BCUT2D eigenvalue weighted by Gasteiger charge is 2.40. The summed E-state index contributed by atoms with van der Waals surface area (Å²) in [5.74, 6) is -0.288. The second-order valence-electron chi connectivity index (χ2n) is 6.41. The van der Waals surface area contributed by atoms with Crippen molar-refractivity contribution >= 4 is 11.9 Å². The molecular weight excluding hydrogens is 314 g/mol. The van der Waals surface area contributed by atoms with Crippen LogP contribution in [0.2, 0.25) is 0 Å². The van der Waals surface area contributed by atoms with Crippen LogP contribution in [0.3, 0.4) is 0 Å². The lowest BCUT2D eigenvalue weighted by Crippen LogP contribution is -2.48. The van der Waals surface area contributed by atoms with Crippen LogP contribution in [0.5, 0.6) is 0 Å². The fourth-order valence-corrected chi connectivity index (χ4v) is 3.57. The smallest absolute Gasteiger partial charge is 0.328 e. The van der Waals surface area contributed by atoms with Gasteiger partial charge in [-0.3, -0.25) is 4.79 Å². The molecule has 0 aliphatic carbocycles. The van der Waals surface area contributed by atoms with Gasteiger partial charge in [-0.25, -0.2) is 4.79 Å². The quantitative estimate of drug-likeness (QED) is 0.761. The van der Waals surface area contributed by atoms with Crippen molar-refractivity contribution in [1.82, 2.24) is 4.90 Å². The van der Waals surface area contributed by atoms with Crippen molar-refractivity contribution in [2.24, 2.45) is 0 Å². The zero-order valence-electron chi connectivity index (χ0n) is 14.4. The Bertz CT molecular complexity index is 673. The summed E-state index contributed by atoms with van der Waals surface area (Å²) in [7, 11) is 1.38. The minimum Gasteiger partial charge on any atom is -0.467 e. The molecule has 1 saturated heterocycles. The minimum absolute atomic E-state index is 0.0345. The van der Waals surface area contributed by atoms with E-state index in [0.29, 0.717) is 12.8 Å². The van der Waals surface area contributed by atoms with Gasteiger partial charge < -0.3 is 9.64 Å². The van der Waals surface area contributed by atoms with Crippen LogP contribution in [0.4, 0.5) is 0 Å². The van der Waals surface area contributed by atoms with Crippen molar-refractivity contribution < 1.29 is 14.3 Å². The number of methoxy groups -OCH3 is 1. The van der Waals surface area contributed by atoms with E-state index in [2.05, 4.69) is 24.3 Å². The molecule has 0 N–H and O–H groups in total. The zero-order valence-corrected chi connectivity index (χ0v) is 14.4. The van der Waals surface area contributed by atoms with Gasteiger partial charge in [-0.2, -0.15) is 0 Å². The van der Waals surface area contributed by atoms with E-state index in [1.54, 1.807) is 4.90 Å². The topological polar surface area (TPSA) is 46.6 Å². The van der Waals surface area contributed by atoms with Gasteiger partial charge in [-0.1, -0.05) is 60.7 Å². The summed E-state index contributed by atoms with van der Waals surface area (Å²) in [6, 6.07) is 19.7. The standard InChI is InChI=1S/C21H23NO3/c1-25-21(24)19-12-13-20(23)22(19)18(14-16-8-4-2-5-9-16)15-17-10-6-3-7-11-17/h2-11,18-19H,12-15H2,1H3. The fourth-order valence-electron chi connectivity index (χ4n) is 3.57. The lowest BCUT2D eigenvalue weighted by molar-refractivity contribution is -0.150. The number of rotatable bonds is 6. The first kappa shape index (κ1) is 17.2. The maximum atomic E-state index is 12.5. The third-order valence-corrected chi connectivity index (χ3v) is 4.75. The monoisotopic (exact) mass is 337 g/mol. The molecule has 130 valence electrons. The second-order valence-corrected chi connectivity index (χ2v) is 6.41. The average Bonchev–Trinajstić information content (AvgIpc) is 3.04. The van der Waals surface area contributed by atoms with Crippen molar-refractivity contribution in [2.75, 3.05) is 7.11 Å². The molecule has 0 radical (unpaired) electrons. The number of hydrogen-bond donors (Lipinski definition) is 0. The minimum atomic E-state index is -0.477. The molecule has 1 aliphatic rings. The SMILES string of the molecule is COC(=O)C1CCC(=O)N1C(Cc1ccccc1)Cc1ccccc1. The van der Waals surface area contributed by atoms with Gasteiger partial charge in [0.15, 0.2) is 0 Å². The molecule has 0 saturated carbocycles. The molecule has 1 atom stereocenters. The lowest BCUT2D eigenvalue weighted by Gasteiger charge is -2.32. The predicted octanol–water partition coefficient (Wildman–Crippen LogP) is 3.00. The summed E-state index contributed by atoms with van der Waals surface area (Å²) in [4.78, 5) is 26.5. The molecule has 1 aliphatic heterocycles. The van der Waals surface area contributed by atoms with Crippen LogP contribution >= 0.6 is 0 Å². The Labute approximate surface area is 148 Å². The number of likely N-dealkylation sites (tertiary alicyclic amines) is 1. The first-order valence-corrected chi connectivity index (χ1v) is 8.66. The van der Waals surface area contributed by atoms with Crippen LogP contribution in [-0.2, 0) is 27.2 Å². The van der Waals surface area contributed by atoms with Gasteiger partial charge in [0.05, 0.1) is 7.11 Å². The van der Waals surface area contributed by atoms with Crippen molar-refractivity contribution in [3.63, 3.8) is 0 Å². The molecule has 1 amide bonds. The normalized spacial score (nSPS) is 17.1. The maximum absolute atomic E-state index is 12.5. The summed E-state index contributed by atoms with van der Waals surface area (Å²) >= 11 is 0. The summed E-state index contributed by atoms with van der Waals surface area (Å²) in [6.07, 6.45) is 2.37.